The number of hydrogen-bond donors (Lipinski definition) is 0. The van der Waals surface area contributed by atoms with Gasteiger partial charge in [0.25, 0.3) is 0 Å². The molecule has 0 radical (unpaired) electrons. The summed E-state index contributed by atoms with van der Waals surface area (Å²) in [7, 11) is 0. The average Bonchev–Trinajstić information content (AvgIpc) is 2.50. The van der Waals surface area contributed by atoms with Crippen molar-refractivity contribution < 1.29 is 18.3 Å². The molecule has 2 aromatic carbocycles. The molecule has 108 valence electrons. The minimum Gasteiger partial charge on any atom is -0.493 e. The SMILES string of the molecule is O=C(c1c(F)ccc(Br)c1F)C1CCOc2ccccc21. The first-order chi connectivity index (χ1) is 10.1. The van der Waals surface area contributed by atoms with Crippen molar-refractivity contribution in [2.24, 2.45) is 0 Å². The zero-order chi connectivity index (χ0) is 15.0. The summed E-state index contributed by atoms with van der Waals surface area (Å²) in [5.74, 6) is -2.25. The van der Waals surface area contributed by atoms with Crippen molar-refractivity contribution in [3.63, 3.8) is 0 Å². The van der Waals surface area contributed by atoms with E-state index in [2.05, 4.69) is 15.9 Å². The lowest BCUT2D eigenvalue weighted by atomic mass is 9.86. The summed E-state index contributed by atoms with van der Waals surface area (Å²) in [5, 5.41) is 0. The Morgan fingerprint density at radius 3 is 2.76 bits per heavy atom. The van der Waals surface area contributed by atoms with Crippen LogP contribution < -0.4 is 4.74 Å². The van der Waals surface area contributed by atoms with E-state index in [9.17, 15) is 13.6 Å². The molecular formula is C16H11BrF2O2. The van der Waals surface area contributed by atoms with Crippen LogP contribution in [0.1, 0.15) is 28.3 Å². The molecule has 0 aliphatic carbocycles. The second-order valence-electron chi connectivity index (χ2n) is 4.81. The molecule has 1 aliphatic rings. The average molecular weight is 353 g/mol. The van der Waals surface area contributed by atoms with Crippen LogP contribution in [0.3, 0.4) is 0 Å². The molecule has 1 atom stereocenters. The fourth-order valence-corrected chi connectivity index (χ4v) is 2.87. The zero-order valence-electron chi connectivity index (χ0n) is 10.9. The van der Waals surface area contributed by atoms with E-state index in [1.165, 1.54) is 6.07 Å². The lowest BCUT2D eigenvalue weighted by Crippen LogP contribution is -2.23. The van der Waals surface area contributed by atoms with Crippen molar-refractivity contribution in [2.45, 2.75) is 12.3 Å². The van der Waals surface area contributed by atoms with Crippen LogP contribution in [0, 0.1) is 11.6 Å². The lowest BCUT2D eigenvalue weighted by molar-refractivity contribution is 0.0924. The summed E-state index contributed by atoms with van der Waals surface area (Å²) >= 11 is 2.99. The molecule has 0 fully saturated rings. The number of carbonyl (C=O) groups is 1. The standard InChI is InChI=1S/C16H11BrF2O2/c17-11-5-6-12(18)14(15(11)19)16(20)10-7-8-21-13-4-2-1-3-9(10)13/h1-6,10H,7-8H2. The molecule has 0 N–H and O–H groups in total. The minimum absolute atomic E-state index is 0.0765. The molecular weight excluding hydrogens is 342 g/mol. The molecule has 21 heavy (non-hydrogen) atoms. The molecule has 0 aromatic heterocycles. The summed E-state index contributed by atoms with van der Waals surface area (Å²) in [6.45, 7) is 0.352. The Morgan fingerprint density at radius 1 is 1.19 bits per heavy atom. The molecule has 1 unspecified atom stereocenters. The van der Waals surface area contributed by atoms with Crippen LogP contribution >= 0.6 is 15.9 Å². The summed E-state index contributed by atoms with van der Waals surface area (Å²) in [6, 6.07) is 9.42. The summed E-state index contributed by atoms with van der Waals surface area (Å²) in [6.07, 6.45) is 0.404. The van der Waals surface area contributed by atoms with Gasteiger partial charge in [0, 0.05) is 5.56 Å². The van der Waals surface area contributed by atoms with Crippen LogP contribution in [0.25, 0.3) is 0 Å². The molecule has 2 aromatic rings. The molecule has 0 saturated carbocycles. The highest BCUT2D eigenvalue weighted by Crippen LogP contribution is 2.37. The van der Waals surface area contributed by atoms with Crippen molar-refractivity contribution in [1.82, 2.24) is 0 Å². The number of ether oxygens (including phenoxy) is 1. The molecule has 1 heterocycles. The lowest BCUT2D eigenvalue weighted by Gasteiger charge is -2.25. The smallest absolute Gasteiger partial charge is 0.176 e. The van der Waals surface area contributed by atoms with Crippen LogP contribution in [0.15, 0.2) is 40.9 Å². The van der Waals surface area contributed by atoms with E-state index in [1.807, 2.05) is 0 Å². The number of carbonyl (C=O) groups excluding carboxylic acids is 1. The first-order valence-corrected chi connectivity index (χ1v) is 7.28. The fraction of sp³-hybridized carbons (Fsp3) is 0.188. The van der Waals surface area contributed by atoms with Crippen molar-refractivity contribution in [3.05, 3.63) is 63.6 Å². The third-order valence-electron chi connectivity index (χ3n) is 3.57. The topological polar surface area (TPSA) is 26.3 Å². The predicted molar refractivity (Wildman–Crippen MR) is 77.7 cm³/mol. The van der Waals surface area contributed by atoms with Crippen molar-refractivity contribution in [3.8, 4) is 5.75 Å². The van der Waals surface area contributed by atoms with Gasteiger partial charge in [-0.15, -0.1) is 0 Å². The van der Waals surface area contributed by atoms with Gasteiger partial charge in [-0.25, -0.2) is 8.78 Å². The summed E-state index contributed by atoms with van der Waals surface area (Å²) in [5.41, 5.74) is 0.179. The largest absolute Gasteiger partial charge is 0.493 e. The molecule has 1 aliphatic heterocycles. The van der Waals surface area contributed by atoms with Gasteiger partial charge in [0.05, 0.1) is 22.6 Å². The van der Waals surface area contributed by atoms with E-state index in [1.54, 1.807) is 24.3 Å². The van der Waals surface area contributed by atoms with E-state index in [4.69, 9.17) is 4.74 Å². The summed E-state index contributed by atoms with van der Waals surface area (Å²) < 4.78 is 33.6. The van der Waals surface area contributed by atoms with E-state index < -0.39 is 28.9 Å². The fourth-order valence-electron chi connectivity index (χ4n) is 2.54. The quantitative estimate of drug-likeness (QED) is 0.588. The third-order valence-corrected chi connectivity index (χ3v) is 4.18. The number of Topliss-reactive ketones (excluding diaryl/α,β-unsaturated/α-hetero) is 1. The Kier molecular flexibility index (Phi) is 3.76. The number of benzene rings is 2. The number of fused-ring (bicyclic) bond motifs is 1. The molecule has 5 heteroatoms. The van der Waals surface area contributed by atoms with Crippen LogP contribution in [-0.4, -0.2) is 12.4 Å². The van der Waals surface area contributed by atoms with Crippen molar-refractivity contribution >= 4 is 21.7 Å². The van der Waals surface area contributed by atoms with Gasteiger partial charge in [-0.2, -0.15) is 0 Å². The Bertz CT molecular complexity index is 715. The Balaban J connectivity index is 2.07. The van der Waals surface area contributed by atoms with Crippen molar-refractivity contribution in [2.75, 3.05) is 6.61 Å². The first kappa shape index (κ1) is 14.2. The van der Waals surface area contributed by atoms with E-state index in [-0.39, 0.29) is 4.47 Å². The first-order valence-electron chi connectivity index (χ1n) is 6.49. The van der Waals surface area contributed by atoms with Gasteiger partial charge >= 0.3 is 0 Å². The van der Waals surface area contributed by atoms with Gasteiger partial charge in [-0.1, -0.05) is 18.2 Å². The Morgan fingerprint density at radius 2 is 1.95 bits per heavy atom. The highest BCUT2D eigenvalue weighted by atomic mass is 79.9. The highest BCUT2D eigenvalue weighted by molar-refractivity contribution is 9.10. The monoisotopic (exact) mass is 352 g/mol. The molecule has 0 amide bonds. The number of para-hydroxylation sites is 1. The van der Waals surface area contributed by atoms with Crippen LogP contribution in [0.2, 0.25) is 0 Å². The maximum atomic E-state index is 14.1. The Hall–Kier alpha value is -1.75. The van der Waals surface area contributed by atoms with Gasteiger partial charge in [0.2, 0.25) is 0 Å². The third kappa shape index (κ3) is 2.46. The maximum absolute atomic E-state index is 14.1. The van der Waals surface area contributed by atoms with E-state index in [0.717, 1.165) is 6.07 Å². The Labute approximate surface area is 128 Å². The molecule has 2 nitrogen and oxygen atoms in total. The molecule has 0 saturated heterocycles. The second-order valence-corrected chi connectivity index (χ2v) is 5.66. The number of rotatable bonds is 2. The van der Waals surface area contributed by atoms with Gasteiger partial charge in [0.15, 0.2) is 11.6 Å². The second kappa shape index (κ2) is 5.56. The number of ketones is 1. The van der Waals surface area contributed by atoms with Gasteiger partial charge in [-0.05, 0) is 40.5 Å². The van der Waals surface area contributed by atoms with Crippen molar-refractivity contribution in [1.29, 1.82) is 0 Å². The number of halogens is 3. The zero-order valence-corrected chi connectivity index (χ0v) is 12.5. The summed E-state index contributed by atoms with van der Waals surface area (Å²) in [4.78, 5) is 12.6. The van der Waals surface area contributed by atoms with E-state index in [0.29, 0.717) is 24.3 Å². The van der Waals surface area contributed by atoms with E-state index >= 15 is 0 Å². The van der Waals surface area contributed by atoms with Crippen LogP contribution in [0.4, 0.5) is 8.78 Å². The maximum Gasteiger partial charge on any atom is 0.176 e. The van der Waals surface area contributed by atoms with Crippen LogP contribution in [-0.2, 0) is 0 Å². The van der Waals surface area contributed by atoms with Gasteiger partial charge < -0.3 is 4.74 Å². The molecule has 0 bridgehead atoms. The van der Waals surface area contributed by atoms with Gasteiger partial charge in [0.1, 0.15) is 11.6 Å². The molecule has 3 rings (SSSR count). The van der Waals surface area contributed by atoms with Crippen LogP contribution in [0.5, 0.6) is 5.75 Å². The highest BCUT2D eigenvalue weighted by Gasteiger charge is 2.32. The normalized spacial score (nSPS) is 17.0. The van der Waals surface area contributed by atoms with Gasteiger partial charge in [-0.3, -0.25) is 4.79 Å². The number of hydrogen-bond acceptors (Lipinski definition) is 2. The molecule has 0 spiro atoms. The minimum atomic E-state index is -0.857. The predicted octanol–water partition coefficient (Wildman–Crippen LogP) is 4.48.